The van der Waals surface area contributed by atoms with Crippen molar-refractivity contribution in [1.29, 1.82) is 0 Å². The third-order valence-corrected chi connectivity index (χ3v) is 5.05. The van der Waals surface area contributed by atoms with Crippen LogP contribution in [0.4, 0.5) is 9.93 Å². The number of aromatic amines is 1. The van der Waals surface area contributed by atoms with Gasteiger partial charge in [0.1, 0.15) is 6.04 Å². The number of H-pyrrole nitrogens is 1. The summed E-state index contributed by atoms with van der Waals surface area (Å²) in [4.78, 5) is 23.1. The van der Waals surface area contributed by atoms with Crippen LogP contribution in [0, 0.1) is 10.9 Å². The predicted octanol–water partition coefficient (Wildman–Crippen LogP) is 3.02. The molecule has 1 atom stereocenters. The van der Waals surface area contributed by atoms with Crippen molar-refractivity contribution in [2.24, 2.45) is 0 Å². The van der Waals surface area contributed by atoms with Crippen molar-refractivity contribution in [3.63, 3.8) is 0 Å². The average Bonchev–Trinajstić information content (AvgIpc) is 2.93. The third kappa shape index (κ3) is 5.95. The number of thioether (sulfide) groups is 1. The zero-order chi connectivity index (χ0) is 17.5. The Hall–Kier alpha value is -1.91. The maximum absolute atomic E-state index is 11.8. The van der Waals surface area contributed by atoms with Crippen LogP contribution in [0.1, 0.15) is 11.1 Å². The lowest BCUT2D eigenvalue weighted by molar-refractivity contribution is -0.138. The molecule has 1 aromatic carbocycles. The Morgan fingerprint density at radius 2 is 2.12 bits per heavy atom. The van der Waals surface area contributed by atoms with E-state index in [0.717, 1.165) is 16.9 Å². The number of carboxylic acid groups (broad SMARTS) is 1. The summed E-state index contributed by atoms with van der Waals surface area (Å²) in [5.41, 5.74) is 2.28. The van der Waals surface area contributed by atoms with E-state index < -0.39 is 18.0 Å². The van der Waals surface area contributed by atoms with Gasteiger partial charge in [0.05, 0.1) is 0 Å². The molecule has 2 amide bonds. The fourth-order valence-corrected chi connectivity index (χ4v) is 3.52. The molecule has 10 heteroatoms. The highest BCUT2D eigenvalue weighted by Crippen LogP contribution is 2.15. The molecule has 0 saturated carbocycles. The summed E-state index contributed by atoms with van der Waals surface area (Å²) < 4.78 is 0.425. The molecule has 128 valence electrons. The van der Waals surface area contributed by atoms with Gasteiger partial charge in [0.15, 0.2) is 3.95 Å². The zero-order valence-corrected chi connectivity index (χ0v) is 15.2. The number of carboxylic acids is 1. The molecule has 0 fully saturated rings. The van der Waals surface area contributed by atoms with Gasteiger partial charge in [-0.15, -0.1) is 5.10 Å². The Labute approximate surface area is 151 Å². The molecule has 2 rings (SSSR count). The molecular formula is C14H16N4O3S3. The molecule has 0 aliphatic rings. The number of hydrogen-bond donors (Lipinski definition) is 4. The summed E-state index contributed by atoms with van der Waals surface area (Å²) in [6.07, 6.45) is 0. The summed E-state index contributed by atoms with van der Waals surface area (Å²) in [5, 5.41) is 20.7. The van der Waals surface area contributed by atoms with Crippen molar-refractivity contribution in [3.05, 3.63) is 39.3 Å². The van der Waals surface area contributed by atoms with Gasteiger partial charge in [-0.3, -0.25) is 10.4 Å². The number of anilines is 1. The highest BCUT2D eigenvalue weighted by molar-refractivity contribution is 7.98. The number of amides is 2. The van der Waals surface area contributed by atoms with E-state index in [9.17, 15) is 14.7 Å². The van der Waals surface area contributed by atoms with E-state index in [0.29, 0.717) is 9.71 Å². The van der Waals surface area contributed by atoms with E-state index in [1.807, 2.05) is 31.2 Å². The number of aryl methyl sites for hydroxylation is 1. The molecule has 0 unspecified atom stereocenters. The molecule has 0 radical (unpaired) electrons. The second-order valence-corrected chi connectivity index (χ2v) is 7.60. The van der Waals surface area contributed by atoms with Crippen LogP contribution >= 0.6 is 35.3 Å². The molecule has 1 heterocycles. The first-order valence-corrected chi connectivity index (χ1v) is 9.31. The number of carbonyl (C=O) groups is 2. The first-order valence-electron chi connectivity index (χ1n) is 6.93. The maximum atomic E-state index is 11.8. The quantitative estimate of drug-likeness (QED) is 0.547. The largest absolute Gasteiger partial charge is 0.480 e. The monoisotopic (exact) mass is 384 g/mol. The van der Waals surface area contributed by atoms with Crippen molar-refractivity contribution < 1.29 is 14.7 Å². The average molecular weight is 385 g/mol. The van der Waals surface area contributed by atoms with Crippen molar-refractivity contribution in [1.82, 2.24) is 15.5 Å². The Morgan fingerprint density at radius 3 is 2.71 bits per heavy atom. The minimum atomic E-state index is -1.09. The number of benzene rings is 1. The normalized spacial score (nSPS) is 11.7. The molecule has 0 spiro atoms. The first kappa shape index (κ1) is 18.4. The highest BCUT2D eigenvalue weighted by atomic mass is 32.2. The van der Waals surface area contributed by atoms with Crippen molar-refractivity contribution in [3.8, 4) is 0 Å². The number of nitrogens with zero attached hydrogens (tertiary/aromatic N) is 1. The van der Waals surface area contributed by atoms with Gasteiger partial charge in [0.2, 0.25) is 5.13 Å². The third-order valence-electron chi connectivity index (χ3n) is 2.94. The zero-order valence-electron chi connectivity index (χ0n) is 12.7. The molecule has 0 saturated heterocycles. The molecule has 0 bridgehead atoms. The topological polar surface area (TPSA) is 107 Å². The van der Waals surface area contributed by atoms with E-state index in [1.165, 1.54) is 17.3 Å². The summed E-state index contributed by atoms with van der Waals surface area (Å²) in [5.74, 6) is -0.155. The van der Waals surface area contributed by atoms with Crippen molar-refractivity contribution in [2.75, 3.05) is 11.1 Å². The first-order chi connectivity index (χ1) is 11.4. The minimum absolute atomic E-state index is 0.257. The van der Waals surface area contributed by atoms with Gasteiger partial charge in [0, 0.05) is 11.5 Å². The summed E-state index contributed by atoms with van der Waals surface area (Å²) in [7, 11) is 0. The Morgan fingerprint density at radius 1 is 1.42 bits per heavy atom. The lowest BCUT2D eigenvalue weighted by Gasteiger charge is -2.14. The Kier molecular flexibility index (Phi) is 6.76. The van der Waals surface area contributed by atoms with Gasteiger partial charge >= 0.3 is 12.0 Å². The minimum Gasteiger partial charge on any atom is -0.480 e. The van der Waals surface area contributed by atoms with Crippen molar-refractivity contribution >= 4 is 52.4 Å². The van der Waals surface area contributed by atoms with Gasteiger partial charge in [-0.05, 0) is 24.7 Å². The van der Waals surface area contributed by atoms with Crippen LogP contribution in [0.2, 0.25) is 0 Å². The number of carbonyl (C=O) groups excluding carboxylic acids is 1. The van der Waals surface area contributed by atoms with Gasteiger partial charge < -0.3 is 10.4 Å². The summed E-state index contributed by atoms with van der Waals surface area (Å²) in [6.45, 7) is 2.01. The second kappa shape index (κ2) is 8.81. The van der Waals surface area contributed by atoms with Gasteiger partial charge in [-0.25, -0.2) is 9.59 Å². The molecule has 1 aromatic heterocycles. The van der Waals surface area contributed by atoms with Gasteiger partial charge in [-0.1, -0.05) is 41.2 Å². The lowest BCUT2D eigenvalue weighted by atomic mass is 10.2. The molecular weight excluding hydrogens is 368 g/mol. The fraction of sp³-hybridized carbons (Fsp3) is 0.286. The SMILES string of the molecule is Cc1ccc(CSC[C@H](NC(=O)Nc2n[nH]c(=S)s2)C(=O)O)cc1. The van der Waals surface area contributed by atoms with E-state index in [1.54, 1.807) is 0 Å². The van der Waals surface area contributed by atoms with Crippen LogP contribution in [-0.4, -0.2) is 39.1 Å². The number of nitrogens with one attached hydrogen (secondary N) is 3. The standard InChI is InChI=1S/C14H16N4O3S3/c1-8-2-4-9(5-3-8)6-23-7-10(11(19)20)15-12(21)16-13-17-18-14(22)24-13/h2-5,10H,6-7H2,1H3,(H,18,22)(H,19,20)(H2,15,16,17,21)/t10-/m0/s1. The number of aromatic nitrogens is 2. The van der Waals surface area contributed by atoms with Crippen LogP contribution in [-0.2, 0) is 10.5 Å². The molecule has 0 aliphatic carbocycles. The lowest BCUT2D eigenvalue weighted by Crippen LogP contribution is -2.44. The van der Waals surface area contributed by atoms with Gasteiger partial charge in [-0.2, -0.15) is 11.8 Å². The van der Waals surface area contributed by atoms with E-state index in [2.05, 4.69) is 20.8 Å². The predicted molar refractivity (Wildman–Crippen MR) is 98.2 cm³/mol. The summed E-state index contributed by atoms with van der Waals surface area (Å²) in [6, 6.07) is 6.40. The Balaban J connectivity index is 1.82. The van der Waals surface area contributed by atoms with Crippen molar-refractivity contribution in [2.45, 2.75) is 18.7 Å². The van der Waals surface area contributed by atoms with E-state index >= 15 is 0 Å². The molecule has 4 N–H and O–H groups in total. The molecule has 7 nitrogen and oxygen atoms in total. The fourth-order valence-electron chi connectivity index (χ4n) is 1.73. The van der Waals surface area contributed by atoms with Crippen LogP contribution in [0.15, 0.2) is 24.3 Å². The summed E-state index contributed by atoms with van der Waals surface area (Å²) >= 11 is 7.39. The maximum Gasteiger partial charge on any atom is 0.327 e. The highest BCUT2D eigenvalue weighted by Gasteiger charge is 2.20. The number of hydrogen-bond acceptors (Lipinski definition) is 6. The number of aliphatic carboxylic acids is 1. The van der Waals surface area contributed by atoms with Crippen LogP contribution in [0.25, 0.3) is 0 Å². The second-order valence-electron chi connectivity index (χ2n) is 4.91. The van der Waals surface area contributed by atoms with E-state index in [4.69, 9.17) is 12.2 Å². The van der Waals surface area contributed by atoms with Crippen LogP contribution < -0.4 is 10.6 Å². The smallest absolute Gasteiger partial charge is 0.327 e. The number of rotatable bonds is 7. The van der Waals surface area contributed by atoms with Gasteiger partial charge in [0.25, 0.3) is 0 Å². The molecule has 0 aliphatic heterocycles. The van der Waals surface area contributed by atoms with Crippen LogP contribution in [0.3, 0.4) is 0 Å². The molecule has 24 heavy (non-hydrogen) atoms. The number of urea groups is 1. The molecule has 2 aromatic rings. The Bertz CT molecular complexity index is 757. The van der Waals surface area contributed by atoms with E-state index in [-0.39, 0.29) is 10.9 Å². The van der Waals surface area contributed by atoms with Crippen LogP contribution in [0.5, 0.6) is 0 Å².